The molecule has 0 aliphatic carbocycles. The summed E-state index contributed by atoms with van der Waals surface area (Å²) in [5.41, 5.74) is -0.337. The van der Waals surface area contributed by atoms with Gasteiger partial charge < -0.3 is 10.4 Å². The lowest BCUT2D eigenvalue weighted by molar-refractivity contribution is -0.141. The summed E-state index contributed by atoms with van der Waals surface area (Å²) in [6.45, 7) is 3.45. The van der Waals surface area contributed by atoms with Crippen molar-refractivity contribution in [2.75, 3.05) is 5.32 Å². The largest absolute Gasteiger partial charge is 0.480 e. The van der Waals surface area contributed by atoms with E-state index in [1.165, 1.54) is 0 Å². The van der Waals surface area contributed by atoms with Crippen molar-refractivity contribution in [1.82, 2.24) is 0 Å². The molecule has 2 N–H and O–H groups in total. The van der Waals surface area contributed by atoms with Crippen LogP contribution in [0, 0.1) is 0 Å². The first kappa shape index (κ1) is 11.9. The highest BCUT2D eigenvalue weighted by Crippen LogP contribution is 2.25. The fraction of sp³-hybridized carbons (Fsp3) is 0.364. The smallest absolute Gasteiger partial charge is 0.329 e. The number of hydrogen-bond acceptors (Lipinski definition) is 2. The molecule has 1 aromatic carbocycles. The van der Waals surface area contributed by atoms with E-state index in [1.54, 1.807) is 25.1 Å². The molecule has 82 valence electrons. The second-order valence-electron chi connectivity index (χ2n) is 3.60. The number of carboxylic acid groups (broad SMARTS) is 1. The Morgan fingerprint density at radius 1 is 1.53 bits per heavy atom. The Hall–Kier alpha value is -1.22. The van der Waals surface area contributed by atoms with Gasteiger partial charge in [0.05, 0.1) is 10.7 Å². The molecule has 1 atom stereocenters. The Labute approximate surface area is 94.1 Å². The number of hydrogen-bond donors (Lipinski definition) is 2. The number of aliphatic carboxylic acids is 1. The summed E-state index contributed by atoms with van der Waals surface area (Å²) in [6, 6.07) is 7.10. The van der Waals surface area contributed by atoms with Crippen molar-refractivity contribution in [3.05, 3.63) is 29.3 Å². The Balaban J connectivity index is 2.94. The number of anilines is 1. The van der Waals surface area contributed by atoms with E-state index < -0.39 is 11.5 Å². The molecule has 1 unspecified atom stereocenters. The predicted octanol–water partition coefficient (Wildman–Crippen LogP) is 3.01. The maximum Gasteiger partial charge on any atom is 0.329 e. The monoisotopic (exact) mass is 227 g/mol. The van der Waals surface area contributed by atoms with Gasteiger partial charge in [0.1, 0.15) is 5.54 Å². The quantitative estimate of drug-likeness (QED) is 0.832. The van der Waals surface area contributed by atoms with Crippen molar-refractivity contribution in [3.63, 3.8) is 0 Å². The number of nitrogens with one attached hydrogen (secondary N) is 1. The van der Waals surface area contributed by atoms with Crippen LogP contribution in [0.1, 0.15) is 20.3 Å². The van der Waals surface area contributed by atoms with Crippen molar-refractivity contribution in [1.29, 1.82) is 0 Å². The van der Waals surface area contributed by atoms with Crippen LogP contribution in [-0.4, -0.2) is 16.6 Å². The van der Waals surface area contributed by atoms with Crippen molar-refractivity contribution < 1.29 is 9.90 Å². The first-order valence-corrected chi connectivity index (χ1v) is 5.13. The van der Waals surface area contributed by atoms with Gasteiger partial charge in [-0.2, -0.15) is 0 Å². The van der Waals surface area contributed by atoms with Crippen molar-refractivity contribution in [2.24, 2.45) is 0 Å². The summed E-state index contributed by atoms with van der Waals surface area (Å²) in [4.78, 5) is 11.1. The van der Waals surface area contributed by atoms with E-state index in [4.69, 9.17) is 16.7 Å². The van der Waals surface area contributed by atoms with Crippen LogP contribution in [0.3, 0.4) is 0 Å². The summed E-state index contributed by atoms with van der Waals surface area (Å²) in [6.07, 6.45) is 0.480. The van der Waals surface area contributed by atoms with E-state index in [0.29, 0.717) is 17.1 Å². The molecule has 0 saturated carbocycles. The third-order valence-electron chi connectivity index (χ3n) is 2.46. The molecule has 0 amide bonds. The molecule has 1 aromatic rings. The van der Waals surface area contributed by atoms with E-state index in [2.05, 4.69) is 5.32 Å². The van der Waals surface area contributed by atoms with E-state index in [9.17, 15) is 4.79 Å². The number of rotatable bonds is 4. The average Bonchev–Trinajstić information content (AvgIpc) is 2.21. The van der Waals surface area contributed by atoms with E-state index in [-0.39, 0.29) is 0 Å². The van der Waals surface area contributed by atoms with Crippen LogP contribution >= 0.6 is 11.6 Å². The van der Waals surface area contributed by atoms with Gasteiger partial charge in [0.25, 0.3) is 0 Å². The van der Waals surface area contributed by atoms with Crippen molar-refractivity contribution in [2.45, 2.75) is 25.8 Å². The van der Waals surface area contributed by atoms with Gasteiger partial charge in [0.2, 0.25) is 0 Å². The maximum atomic E-state index is 11.1. The van der Waals surface area contributed by atoms with Crippen LogP contribution in [0.4, 0.5) is 5.69 Å². The summed E-state index contributed by atoms with van der Waals surface area (Å²) >= 11 is 5.94. The van der Waals surface area contributed by atoms with Crippen LogP contribution in [0.2, 0.25) is 5.02 Å². The highest BCUT2D eigenvalue weighted by Gasteiger charge is 2.31. The average molecular weight is 228 g/mol. The normalized spacial score (nSPS) is 14.3. The number of benzene rings is 1. The minimum Gasteiger partial charge on any atom is -0.480 e. The summed E-state index contributed by atoms with van der Waals surface area (Å²) in [7, 11) is 0. The zero-order chi connectivity index (χ0) is 11.5. The van der Waals surface area contributed by atoms with Crippen LogP contribution in [-0.2, 0) is 4.79 Å². The zero-order valence-electron chi connectivity index (χ0n) is 8.75. The molecule has 3 nitrogen and oxygen atoms in total. The fourth-order valence-corrected chi connectivity index (χ4v) is 1.34. The van der Waals surface area contributed by atoms with Crippen molar-refractivity contribution in [3.8, 4) is 0 Å². The molecule has 0 radical (unpaired) electrons. The lowest BCUT2D eigenvalue weighted by Crippen LogP contribution is -2.42. The van der Waals surface area contributed by atoms with E-state index in [0.717, 1.165) is 0 Å². The third kappa shape index (κ3) is 2.63. The van der Waals surface area contributed by atoms with Gasteiger partial charge >= 0.3 is 5.97 Å². The molecule has 1 rings (SSSR count). The lowest BCUT2D eigenvalue weighted by atomic mass is 9.99. The standard InChI is InChI=1S/C11H14ClNO2/c1-3-11(2,10(14)15)13-9-7-5-4-6-8(9)12/h4-7,13H,3H2,1-2H3,(H,14,15). The van der Waals surface area contributed by atoms with Crippen LogP contribution < -0.4 is 5.32 Å². The van der Waals surface area contributed by atoms with Crippen LogP contribution in [0.5, 0.6) is 0 Å². The highest BCUT2D eigenvalue weighted by molar-refractivity contribution is 6.33. The molecular formula is C11H14ClNO2. The molecule has 0 bridgehead atoms. The number of halogens is 1. The zero-order valence-corrected chi connectivity index (χ0v) is 9.51. The molecule has 15 heavy (non-hydrogen) atoms. The second kappa shape index (κ2) is 4.53. The topological polar surface area (TPSA) is 49.3 Å². The molecule has 0 spiro atoms. The van der Waals surface area contributed by atoms with E-state index >= 15 is 0 Å². The van der Waals surface area contributed by atoms with Gasteiger partial charge in [0, 0.05) is 0 Å². The van der Waals surface area contributed by atoms with Crippen LogP contribution in [0.15, 0.2) is 24.3 Å². The Kier molecular flexibility index (Phi) is 3.58. The lowest BCUT2D eigenvalue weighted by Gasteiger charge is -2.26. The first-order valence-electron chi connectivity index (χ1n) is 4.75. The van der Waals surface area contributed by atoms with Gasteiger partial charge in [-0.05, 0) is 25.5 Å². The molecule has 0 fully saturated rings. The Bertz CT molecular complexity index is 367. The van der Waals surface area contributed by atoms with Crippen LogP contribution in [0.25, 0.3) is 0 Å². The minimum absolute atomic E-state index is 0.480. The summed E-state index contributed by atoms with van der Waals surface area (Å²) in [5, 5.41) is 12.5. The molecule has 0 aliphatic heterocycles. The second-order valence-corrected chi connectivity index (χ2v) is 4.00. The molecular weight excluding hydrogens is 214 g/mol. The third-order valence-corrected chi connectivity index (χ3v) is 2.79. The highest BCUT2D eigenvalue weighted by atomic mass is 35.5. The fourth-order valence-electron chi connectivity index (χ4n) is 1.15. The Morgan fingerprint density at radius 3 is 2.60 bits per heavy atom. The first-order chi connectivity index (χ1) is 6.99. The van der Waals surface area contributed by atoms with E-state index in [1.807, 2.05) is 13.0 Å². The molecule has 0 heterocycles. The minimum atomic E-state index is -0.981. The molecule has 0 aromatic heterocycles. The predicted molar refractivity (Wildman–Crippen MR) is 61.4 cm³/mol. The summed E-state index contributed by atoms with van der Waals surface area (Å²) in [5.74, 6) is -0.884. The Morgan fingerprint density at radius 2 is 2.13 bits per heavy atom. The van der Waals surface area contributed by atoms with Crippen molar-refractivity contribution >= 4 is 23.3 Å². The van der Waals surface area contributed by atoms with Gasteiger partial charge in [-0.25, -0.2) is 4.79 Å². The SMILES string of the molecule is CCC(C)(Nc1ccccc1Cl)C(=O)O. The molecule has 0 aliphatic rings. The van der Waals surface area contributed by atoms with Gasteiger partial charge in [-0.3, -0.25) is 0 Å². The maximum absolute atomic E-state index is 11.1. The summed E-state index contributed by atoms with van der Waals surface area (Å²) < 4.78 is 0. The number of carboxylic acids is 1. The molecule has 4 heteroatoms. The molecule has 0 saturated heterocycles. The van der Waals surface area contributed by atoms with Gasteiger partial charge in [0.15, 0.2) is 0 Å². The van der Waals surface area contributed by atoms with Gasteiger partial charge in [-0.1, -0.05) is 30.7 Å². The number of carbonyl (C=O) groups is 1. The van der Waals surface area contributed by atoms with Gasteiger partial charge in [-0.15, -0.1) is 0 Å². The number of para-hydroxylation sites is 1.